The van der Waals surface area contributed by atoms with Gasteiger partial charge in [-0.05, 0) is 32.3 Å². The van der Waals surface area contributed by atoms with Crippen molar-refractivity contribution in [3.8, 4) is 0 Å². The molecule has 0 saturated heterocycles. The summed E-state index contributed by atoms with van der Waals surface area (Å²) >= 11 is 0. The largest absolute Gasteiger partial charge is 0.481 e. The molecule has 0 aliphatic heterocycles. The third-order valence-electron chi connectivity index (χ3n) is 3.60. The molecule has 0 aromatic heterocycles. The van der Waals surface area contributed by atoms with Gasteiger partial charge in [0.2, 0.25) is 0 Å². The summed E-state index contributed by atoms with van der Waals surface area (Å²) in [6, 6.07) is 8.67. The number of carboxylic acids is 1. The average molecular weight is 233 g/mol. The molecule has 1 saturated carbocycles. The highest BCUT2D eigenvalue weighted by atomic mass is 16.4. The van der Waals surface area contributed by atoms with Gasteiger partial charge in [0.1, 0.15) is 0 Å². The van der Waals surface area contributed by atoms with Crippen LogP contribution >= 0.6 is 0 Å². The predicted octanol–water partition coefficient (Wildman–Crippen LogP) is 2.51. The number of nitrogens with one attached hydrogen (secondary N) is 1. The van der Waals surface area contributed by atoms with E-state index in [2.05, 4.69) is 37.4 Å². The third-order valence-corrected chi connectivity index (χ3v) is 3.60. The fourth-order valence-corrected chi connectivity index (χ4v) is 2.35. The molecule has 1 aliphatic carbocycles. The SMILES string of the molecule is Cc1cccc([C@H](C)NC2CCC2C(=O)O)c1. The maximum Gasteiger partial charge on any atom is 0.308 e. The van der Waals surface area contributed by atoms with Gasteiger partial charge in [0, 0.05) is 12.1 Å². The number of benzene rings is 1. The van der Waals surface area contributed by atoms with Gasteiger partial charge in [-0.1, -0.05) is 29.8 Å². The first-order valence-corrected chi connectivity index (χ1v) is 6.13. The second-order valence-corrected chi connectivity index (χ2v) is 4.93. The Labute approximate surface area is 102 Å². The number of hydrogen-bond acceptors (Lipinski definition) is 2. The van der Waals surface area contributed by atoms with E-state index in [1.54, 1.807) is 0 Å². The van der Waals surface area contributed by atoms with Crippen LogP contribution in [-0.4, -0.2) is 17.1 Å². The molecule has 0 spiro atoms. The van der Waals surface area contributed by atoms with Gasteiger partial charge in [-0.2, -0.15) is 0 Å². The summed E-state index contributed by atoms with van der Waals surface area (Å²) in [5.41, 5.74) is 2.46. The Bertz CT molecular complexity index is 416. The highest BCUT2D eigenvalue weighted by Crippen LogP contribution is 2.30. The smallest absolute Gasteiger partial charge is 0.308 e. The van der Waals surface area contributed by atoms with Gasteiger partial charge in [0.15, 0.2) is 0 Å². The van der Waals surface area contributed by atoms with Crippen LogP contribution in [0.3, 0.4) is 0 Å². The van der Waals surface area contributed by atoms with Crippen molar-refractivity contribution in [2.24, 2.45) is 5.92 Å². The van der Waals surface area contributed by atoms with Crippen LogP contribution < -0.4 is 5.32 Å². The van der Waals surface area contributed by atoms with Gasteiger partial charge in [-0.3, -0.25) is 4.79 Å². The van der Waals surface area contributed by atoms with Crippen LogP contribution in [0.5, 0.6) is 0 Å². The summed E-state index contributed by atoms with van der Waals surface area (Å²) in [4.78, 5) is 10.9. The molecule has 0 bridgehead atoms. The summed E-state index contributed by atoms with van der Waals surface area (Å²) in [6.07, 6.45) is 1.76. The summed E-state index contributed by atoms with van der Waals surface area (Å²) in [5.74, 6) is -0.882. The van der Waals surface area contributed by atoms with Gasteiger partial charge in [0.25, 0.3) is 0 Å². The van der Waals surface area contributed by atoms with Crippen LogP contribution in [0.4, 0.5) is 0 Å². The van der Waals surface area contributed by atoms with Crippen molar-refractivity contribution in [2.75, 3.05) is 0 Å². The molecule has 0 heterocycles. The number of aryl methyl sites for hydroxylation is 1. The summed E-state index contributed by atoms with van der Waals surface area (Å²) in [7, 11) is 0. The maximum atomic E-state index is 10.9. The molecule has 0 radical (unpaired) electrons. The Morgan fingerprint density at radius 3 is 2.76 bits per heavy atom. The average Bonchev–Trinajstić information content (AvgIpc) is 2.23. The van der Waals surface area contributed by atoms with Crippen LogP contribution in [0.25, 0.3) is 0 Å². The van der Waals surface area contributed by atoms with E-state index in [0.29, 0.717) is 0 Å². The minimum absolute atomic E-state index is 0.128. The van der Waals surface area contributed by atoms with E-state index in [-0.39, 0.29) is 18.0 Å². The van der Waals surface area contributed by atoms with E-state index in [9.17, 15) is 4.79 Å². The van der Waals surface area contributed by atoms with Crippen LogP contribution in [-0.2, 0) is 4.79 Å². The zero-order valence-electron chi connectivity index (χ0n) is 10.3. The van der Waals surface area contributed by atoms with E-state index >= 15 is 0 Å². The Hall–Kier alpha value is -1.35. The van der Waals surface area contributed by atoms with Gasteiger partial charge in [-0.25, -0.2) is 0 Å². The summed E-state index contributed by atoms with van der Waals surface area (Å²) in [5, 5.41) is 12.4. The molecular formula is C14H19NO2. The fraction of sp³-hybridized carbons (Fsp3) is 0.500. The van der Waals surface area contributed by atoms with Gasteiger partial charge >= 0.3 is 5.97 Å². The van der Waals surface area contributed by atoms with Crippen molar-refractivity contribution in [2.45, 2.75) is 38.8 Å². The first-order chi connectivity index (χ1) is 8.08. The highest BCUT2D eigenvalue weighted by Gasteiger charge is 2.37. The number of carboxylic acid groups (broad SMARTS) is 1. The van der Waals surface area contributed by atoms with Crippen molar-refractivity contribution in [1.82, 2.24) is 5.32 Å². The van der Waals surface area contributed by atoms with Crippen molar-refractivity contribution in [1.29, 1.82) is 0 Å². The summed E-state index contributed by atoms with van der Waals surface area (Å²) in [6.45, 7) is 4.16. The molecule has 2 unspecified atom stereocenters. The zero-order valence-corrected chi connectivity index (χ0v) is 10.3. The molecule has 0 amide bonds. The maximum absolute atomic E-state index is 10.9. The Morgan fingerprint density at radius 2 is 2.24 bits per heavy atom. The molecule has 1 aromatic rings. The second kappa shape index (κ2) is 4.88. The molecule has 1 aliphatic rings. The lowest BCUT2D eigenvalue weighted by Gasteiger charge is -2.36. The van der Waals surface area contributed by atoms with E-state index in [4.69, 9.17) is 5.11 Å². The molecule has 3 atom stereocenters. The molecule has 3 nitrogen and oxygen atoms in total. The van der Waals surface area contributed by atoms with Crippen LogP contribution in [0.2, 0.25) is 0 Å². The lowest BCUT2D eigenvalue weighted by Crippen LogP contribution is -2.48. The summed E-state index contributed by atoms with van der Waals surface area (Å²) < 4.78 is 0. The Balaban J connectivity index is 1.98. The Morgan fingerprint density at radius 1 is 1.47 bits per heavy atom. The first-order valence-electron chi connectivity index (χ1n) is 6.13. The zero-order chi connectivity index (χ0) is 12.4. The van der Waals surface area contributed by atoms with Gasteiger partial charge in [-0.15, -0.1) is 0 Å². The molecule has 17 heavy (non-hydrogen) atoms. The Kier molecular flexibility index (Phi) is 3.48. The van der Waals surface area contributed by atoms with Crippen LogP contribution in [0, 0.1) is 12.8 Å². The number of aliphatic carboxylic acids is 1. The number of rotatable bonds is 4. The van der Waals surface area contributed by atoms with E-state index in [1.807, 2.05) is 6.07 Å². The fourth-order valence-electron chi connectivity index (χ4n) is 2.35. The quantitative estimate of drug-likeness (QED) is 0.840. The van der Waals surface area contributed by atoms with E-state index < -0.39 is 5.97 Å². The lowest BCUT2D eigenvalue weighted by molar-refractivity contribution is -0.146. The molecule has 92 valence electrons. The standard InChI is InChI=1S/C14H19NO2/c1-9-4-3-5-11(8-9)10(2)15-13-7-6-12(13)14(16)17/h3-5,8,10,12-13,15H,6-7H2,1-2H3,(H,16,17)/t10-,12?,13?/m0/s1. The molecule has 3 heteroatoms. The lowest BCUT2D eigenvalue weighted by atomic mass is 9.79. The topological polar surface area (TPSA) is 49.3 Å². The molecular weight excluding hydrogens is 214 g/mol. The van der Waals surface area contributed by atoms with Gasteiger partial charge < -0.3 is 10.4 Å². The predicted molar refractivity (Wildman–Crippen MR) is 66.9 cm³/mol. The van der Waals surface area contributed by atoms with Crippen LogP contribution in [0.1, 0.15) is 36.9 Å². The minimum Gasteiger partial charge on any atom is -0.481 e. The molecule has 1 aromatic carbocycles. The molecule has 1 fully saturated rings. The first kappa shape index (κ1) is 12.1. The van der Waals surface area contributed by atoms with E-state index in [1.165, 1.54) is 11.1 Å². The minimum atomic E-state index is -0.676. The molecule has 2 N–H and O–H groups in total. The highest BCUT2D eigenvalue weighted by molar-refractivity contribution is 5.72. The van der Waals surface area contributed by atoms with Crippen molar-refractivity contribution >= 4 is 5.97 Å². The normalized spacial score (nSPS) is 25.1. The number of carbonyl (C=O) groups is 1. The monoisotopic (exact) mass is 233 g/mol. The van der Waals surface area contributed by atoms with Crippen molar-refractivity contribution < 1.29 is 9.90 Å². The third kappa shape index (κ3) is 2.67. The molecule has 2 rings (SSSR count). The van der Waals surface area contributed by atoms with Crippen molar-refractivity contribution in [3.05, 3.63) is 35.4 Å². The van der Waals surface area contributed by atoms with Gasteiger partial charge in [0.05, 0.1) is 5.92 Å². The number of hydrogen-bond donors (Lipinski definition) is 2. The van der Waals surface area contributed by atoms with Crippen molar-refractivity contribution in [3.63, 3.8) is 0 Å². The van der Waals surface area contributed by atoms with E-state index in [0.717, 1.165) is 12.8 Å². The van der Waals surface area contributed by atoms with Crippen LogP contribution in [0.15, 0.2) is 24.3 Å². The second-order valence-electron chi connectivity index (χ2n) is 4.93.